The lowest BCUT2D eigenvalue weighted by Crippen LogP contribution is -2.15. The Balaban J connectivity index is 1.15. The molecule has 0 bridgehead atoms. The van der Waals surface area contributed by atoms with Crippen molar-refractivity contribution in [1.29, 1.82) is 0 Å². The topological polar surface area (TPSA) is 0 Å². The summed E-state index contributed by atoms with van der Waals surface area (Å²) >= 11 is 0. The van der Waals surface area contributed by atoms with Crippen molar-refractivity contribution in [1.82, 2.24) is 0 Å². The van der Waals surface area contributed by atoms with Gasteiger partial charge in [-0.15, -0.1) is 0 Å². The molecule has 0 radical (unpaired) electrons. The van der Waals surface area contributed by atoms with Crippen LogP contribution < -0.4 is 0 Å². The largest absolute Gasteiger partial charge is 0.206 e. The minimum Gasteiger partial charge on any atom is -0.206 e. The lowest BCUT2D eigenvalue weighted by Gasteiger charge is -2.30. The zero-order valence-corrected chi connectivity index (χ0v) is 23.5. The first-order valence-electron chi connectivity index (χ1n) is 14.8. The van der Waals surface area contributed by atoms with Gasteiger partial charge in [0, 0.05) is 5.56 Å². The highest BCUT2D eigenvalue weighted by molar-refractivity contribution is 5.72. The number of benzene rings is 4. The Labute approximate surface area is 234 Å². The van der Waals surface area contributed by atoms with E-state index in [2.05, 4.69) is 98.8 Å². The maximum absolute atomic E-state index is 15.1. The fourth-order valence-electron chi connectivity index (χ4n) is 6.21. The number of rotatable bonds is 9. The van der Waals surface area contributed by atoms with Gasteiger partial charge in [-0.05, 0) is 95.7 Å². The van der Waals surface area contributed by atoms with E-state index in [-0.39, 0.29) is 5.82 Å². The summed E-state index contributed by atoms with van der Waals surface area (Å²) in [5, 5.41) is 0. The highest BCUT2D eigenvalue weighted by Crippen LogP contribution is 2.40. The van der Waals surface area contributed by atoms with Gasteiger partial charge in [-0.3, -0.25) is 0 Å². The molecule has 0 amide bonds. The van der Waals surface area contributed by atoms with Gasteiger partial charge >= 0.3 is 0 Å². The van der Waals surface area contributed by atoms with Crippen LogP contribution in [-0.2, 0) is 6.42 Å². The molecule has 0 aliphatic heterocycles. The first-order valence-corrected chi connectivity index (χ1v) is 14.8. The molecular formula is C38H41F. The highest BCUT2D eigenvalue weighted by atomic mass is 19.1. The molecule has 1 aliphatic carbocycles. The molecule has 4 aromatic carbocycles. The molecule has 0 heterocycles. The first kappa shape index (κ1) is 27.1. The summed E-state index contributed by atoms with van der Waals surface area (Å²) in [5.41, 5.74) is 8.15. The van der Waals surface area contributed by atoms with E-state index < -0.39 is 0 Å². The predicted molar refractivity (Wildman–Crippen MR) is 165 cm³/mol. The Morgan fingerprint density at radius 1 is 0.769 bits per heavy atom. The monoisotopic (exact) mass is 516 g/mol. The molecule has 0 saturated heterocycles. The summed E-state index contributed by atoms with van der Waals surface area (Å²) in [7, 11) is 0. The third-order valence-corrected chi connectivity index (χ3v) is 8.59. The zero-order valence-electron chi connectivity index (χ0n) is 23.5. The maximum atomic E-state index is 15.1. The smallest absolute Gasteiger partial charge is 0.130 e. The van der Waals surface area contributed by atoms with Crippen molar-refractivity contribution >= 4 is 12.2 Å². The van der Waals surface area contributed by atoms with Gasteiger partial charge in [0.05, 0.1) is 0 Å². The van der Waals surface area contributed by atoms with E-state index in [1.54, 1.807) is 6.07 Å². The Morgan fingerprint density at radius 2 is 1.44 bits per heavy atom. The summed E-state index contributed by atoms with van der Waals surface area (Å²) in [6.07, 6.45) is 12.2. The minimum atomic E-state index is -0.118. The second kappa shape index (κ2) is 13.1. The van der Waals surface area contributed by atoms with Crippen LogP contribution >= 0.6 is 0 Å². The third kappa shape index (κ3) is 7.15. The van der Waals surface area contributed by atoms with Gasteiger partial charge in [-0.2, -0.15) is 0 Å². The SMILES string of the molecule is CCCc1ccc(-c2ccc(C=Cc3ccc(C4CCC(C[C@H](C)c5ccccc5)CC4)cc3F)cc2)cc1. The van der Waals surface area contributed by atoms with Crippen molar-refractivity contribution in [2.24, 2.45) is 5.92 Å². The van der Waals surface area contributed by atoms with Crippen LogP contribution in [0, 0.1) is 11.7 Å². The van der Waals surface area contributed by atoms with Gasteiger partial charge in [0.2, 0.25) is 0 Å². The van der Waals surface area contributed by atoms with Crippen molar-refractivity contribution in [3.63, 3.8) is 0 Å². The summed E-state index contributed by atoms with van der Waals surface area (Å²) in [6.45, 7) is 4.56. The van der Waals surface area contributed by atoms with Crippen LogP contribution in [0.3, 0.4) is 0 Å². The highest BCUT2D eigenvalue weighted by Gasteiger charge is 2.24. The molecule has 4 aromatic rings. The normalized spacial score (nSPS) is 18.3. The number of aryl methyl sites for hydroxylation is 1. The summed E-state index contributed by atoms with van der Waals surface area (Å²) in [5.74, 6) is 1.73. The van der Waals surface area contributed by atoms with E-state index in [0.29, 0.717) is 17.4 Å². The zero-order chi connectivity index (χ0) is 27.0. The number of hydrogen-bond acceptors (Lipinski definition) is 0. The van der Waals surface area contributed by atoms with E-state index in [1.165, 1.54) is 47.9 Å². The van der Waals surface area contributed by atoms with Crippen LogP contribution in [0.25, 0.3) is 23.3 Å². The molecule has 0 unspecified atom stereocenters. The van der Waals surface area contributed by atoms with Crippen molar-refractivity contribution in [3.8, 4) is 11.1 Å². The minimum absolute atomic E-state index is 0.118. The average molecular weight is 517 g/mol. The molecular weight excluding hydrogens is 475 g/mol. The van der Waals surface area contributed by atoms with Crippen molar-refractivity contribution in [2.45, 2.75) is 70.6 Å². The van der Waals surface area contributed by atoms with Crippen LogP contribution in [0.1, 0.15) is 92.0 Å². The Hall–Kier alpha value is -3.45. The quantitative estimate of drug-likeness (QED) is 0.194. The van der Waals surface area contributed by atoms with E-state index in [1.807, 2.05) is 18.2 Å². The molecule has 1 saturated carbocycles. The molecule has 5 rings (SSSR count). The number of hydrogen-bond donors (Lipinski definition) is 0. The van der Waals surface area contributed by atoms with Gasteiger partial charge in [0.15, 0.2) is 0 Å². The van der Waals surface area contributed by atoms with Crippen LogP contribution in [0.5, 0.6) is 0 Å². The first-order chi connectivity index (χ1) is 19.1. The molecule has 1 atom stereocenters. The van der Waals surface area contributed by atoms with E-state index in [9.17, 15) is 0 Å². The molecule has 39 heavy (non-hydrogen) atoms. The number of halogens is 1. The van der Waals surface area contributed by atoms with Crippen LogP contribution in [-0.4, -0.2) is 0 Å². The van der Waals surface area contributed by atoms with Gasteiger partial charge in [0.25, 0.3) is 0 Å². The van der Waals surface area contributed by atoms with E-state index in [4.69, 9.17) is 0 Å². The predicted octanol–water partition coefficient (Wildman–Crippen LogP) is 11.1. The standard InChI is InChI=1S/C38H41F/c1-3-7-29-10-17-33(18-11-29)34-19-12-30(13-20-34)14-23-36-24-25-37(27-38(36)39)35-21-15-31(16-22-35)26-28(2)32-8-5-4-6-9-32/h4-6,8-14,17-20,23-25,27-28,31,35H,3,7,15-16,21-22,26H2,1-2H3/t28-,31?,35?/m0/s1. The Bertz CT molecular complexity index is 1340. The maximum Gasteiger partial charge on any atom is 0.130 e. The van der Waals surface area contributed by atoms with Crippen LogP contribution in [0.15, 0.2) is 97.1 Å². The van der Waals surface area contributed by atoms with E-state index >= 15 is 4.39 Å². The van der Waals surface area contributed by atoms with Gasteiger partial charge in [-0.1, -0.05) is 123 Å². The Kier molecular flexibility index (Phi) is 9.09. The molecule has 0 N–H and O–H groups in total. The average Bonchev–Trinajstić information content (AvgIpc) is 2.98. The van der Waals surface area contributed by atoms with Gasteiger partial charge < -0.3 is 0 Å². The Morgan fingerprint density at radius 3 is 2.08 bits per heavy atom. The molecule has 0 nitrogen and oxygen atoms in total. The second-order valence-corrected chi connectivity index (χ2v) is 11.4. The summed E-state index contributed by atoms with van der Waals surface area (Å²) in [6, 6.07) is 34.1. The lowest BCUT2D eigenvalue weighted by molar-refractivity contribution is 0.297. The second-order valence-electron chi connectivity index (χ2n) is 11.4. The molecule has 0 aromatic heterocycles. The van der Waals surface area contributed by atoms with Gasteiger partial charge in [-0.25, -0.2) is 4.39 Å². The fraction of sp³-hybridized carbons (Fsp3) is 0.316. The van der Waals surface area contributed by atoms with Gasteiger partial charge in [0.1, 0.15) is 5.82 Å². The molecule has 1 aliphatic rings. The van der Waals surface area contributed by atoms with E-state index in [0.717, 1.165) is 36.3 Å². The lowest BCUT2D eigenvalue weighted by atomic mass is 9.75. The summed E-state index contributed by atoms with van der Waals surface area (Å²) < 4.78 is 15.1. The van der Waals surface area contributed by atoms with Crippen LogP contribution in [0.4, 0.5) is 4.39 Å². The van der Waals surface area contributed by atoms with Crippen molar-refractivity contribution < 1.29 is 4.39 Å². The molecule has 200 valence electrons. The van der Waals surface area contributed by atoms with Crippen molar-refractivity contribution in [2.75, 3.05) is 0 Å². The third-order valence-electron chi connectivity index (χ3n) is 8.59. The summed E-state index contributed by atoms with van der Waals surface area (Å²) in [4.78, 5) is 0. The molecule has 1 heteroatoms. The molecule has 0 spiro atoms. The van der Waals surface area contributed by atoms with Crippen LogP contribution in [0.2, 0.25) is 0 Å². The molecule has 1 fully saturated rings. The van der Waals surface area contributed by atoms with Crippen molar-refractivity contribution in [3.05, 3.63) is 131 Å². The fourth-order valence-corrected chi connectivity index (χ4v) is 6.21.